The third kappa shape index (κ3) is 5.13. The first-order valence-corrected chi connectivity index (χ1v) is 8.84. The van der Waals surface area contributed by atoms with E-state index in [1.165, 1.54) is 36.7 Å². The number of aromatic nitrogens is 2. The maximum absolute atomic E-state index is 14.4. The number of rotatable bonds is 8. The number of carbonyl (C=O) groups is 2. The molecule has 1 atom stereocenters. The van der Waals surface area contributed by atoms with Crippen LogP contribution in [0.5, 0.6) is 5.75 Å². The zero-order valence-electron chi connectivity index (χ0n) is 15.6. The molecule has 0 bridgehead atoms. The number of ether oxygens (including phenoxy) is 1. The largest absolute Gasteiger partial charge is 0.480 e. The quantitative estimate of drug-likeness (QED) is 0.589. The van der Waals surface area contributed by atoms with Crippen molar-refractivity contribution in [3.63, 3.8) is 0 Å². The summed E-state index contributed by atoms with van der Waals surface area (Å²) >= 11 is 0. The van der Waals surface area contributed by atoms with Crippen LogP contribution in [0.4, 0.5) is 8.78 Å². The molecule has 0 fully saturated rings. The number of pyridine rings is 2. The average molecular weight is 413 g/mol. The molecule has 0 saturated carbocycles. The van der Waals surface area contributed by atoms with Gasteiger partial charge in [0.05, 0.1) is 12.2 Å². The van der Waals surface area contributed by atoms with E-state index in [9.17, 15) is 18.4 Å². The Balaban J connectivity index is 1.84. The molecule has 3 rings (SSSR count). The van der Waals surface area contributed by atoms with E-state index in [-0.39, 0.29) is 17.1 Å². The van der Waals surface area contributed by atoms with Gasteiger partial charge in [0, 0.05) is 6.20 Å². The van der Waals surface area contributed by atoms with Gasteiger partial charge in [0.2, 0.25) is 0 Å². The molecule has 7 nitrogen and oxygen atoms in total. The summed E-state index contributed by atoms with van der Waals surface area (Å²) in [5.41, 5.74) is 0.975. The molecule has 0 aliphatic heterocycles. The molecule has 0 saturated heterocycles. The van der Waals surface area contributed by atoms with Crippen LogP contribution in [0.1, 0.15) is 33.4 Å². The summed E-state index contributed by atoms with van der Waals surface area (Å²) in [4.78, 5) is 31.2. The van der Waals surface area contributed by atoms with Gasteiger partial charge in [0.25, 0.3) is 5.91 Å². The SMILES string of the molecule is O=C(O)COc1ccc(C(=O)N[C@@H](c2ccc(CF)cc2)c2ncccc2F)nc1. The molecule has 0 aliphatic rings. The number of hydrogen-bond donors (Lipinski definition) is 2. The molecule has 30 heavy (non-hydrogen) atoms. The fourth-order valence-electron chi connectivity index (χ4n) is 2.67. The number of alkyl halides is 1. The van der Waals surface area contributed by atoms with Crippen LogP contribution in [-0.2, 0) is 11.5 Å². The van der Waals surface area contributed by atoms with E-state index in [2.05, 4.69) is 15.3 Å². The number of aliphatic carboxylic acids is 1. The van der Waals surface area contributed by atoms with Crippen molar-refractivity contribution in [3.8, 4) is 5.75 Å². The molecule has 2 aromatic heterocycles. The van der Waals surface area contributed by atoms with Crippen molar-refractivity contribution >= 4 is 11.9 Å². The molecule has 1 amide bonds. The Morgan fingerprint density at radius 1 is 1.10 bits per heavy atom. The van der Waals surface area contributed by atoms with Crippen LogP contribution in [0.2, 0.25) is 0 Å². The molecule has 154 valence electrons. The number of hydrogen-bond acceptors (Lipinski definition) is 5. The van der Waals surface area contributed by atoms with E-state index in [0.717, 1.165) is 0 Å². The minimum atomic E-state index is -1.14. The van der Waals surface area contributed by atoms with Crippen LogP contribution in [0.25, 0.3) is 0 Å². The minimum absolute atomic E-state index is 0.000241. The Labute approximate surface area is 170 Å². The van der Waals surface area contributed by atoms with E-state index in [4.69, 9.17) is 9.84 Å². The molecule has 3 aromatic rings. The summed E-state index contributed by atoms with van der Waals surface area (Å²) in [6.45, 7) is -1.18. The first-order chi connectivity index (χ1) is 14.5. The second-order valence-corrected chi connectivity index (χ2v) is 6.21. The first kappa shape index (κ1) is 20.8. The molecule has 9 heteroatoms. The van der Waals surface area contributed by atoms with E-state index < -0.39 is 37.0 Å². The minimum Gasteiger partial charge on any atom is -0.480 e. The molecular weight excluding hydrogens is 396 g/mol. The summed E-state index contributed by atoms with van der Waals surface area (Å²) in [5, 5.41) is 11.3. The molecule has 1 aromatic carbocycles. The van der Waals surface area contributed by atoms with Gasteiger partial charge in [-0.05, 0) is 35.4 Å². The van der Waals surface area contributed by atoms with E-state index in [1.807, 2.05) is 0 Å². The Hall–Kier alpha value is -3.88. The number of nitrogens with one attached hydrogen (secondary N) is 1. The lowest BCUT2D eigenvalue weighted by molar-refractivity contribution is -0.139. The number of carbonyl (C=O) groups excluding carboxylic acids is 1. The molecule has 0 aliphatic carbocycles. The Morgan fingerprint density at radius 3 is 2.47 bits per heavy atom. The van der Waals surface area contributed by atoms with Gasteiger partial charge in [-0.15, -0.1) is 0 Å². The van der Waals surface area contributed by atoms with Gasteiger partial charge in [-0.2, -0.15) is 0 Å². The molecule has 0 spiro atoms. The van der Waals surface area contributed by atoms with Crippen molar-refractivity contribution < 1.29 is 28.2 Å². The molecule has 0 unspecified atom stereocenters. The van der Waals surface area contributed by atoms with Crippen molar-refractivity contribution in [2.24, 2.45) is 0 Å². The third-order valence-electron chi connectivity index (χ3n) is 4.13. The van der Waals surface area contributed by atoms with Crippen molar-refractivity contribution in [1.29, 1.82) is 0 Å². The van der Waals surface area contributed by atoms with E-state index in [1.54, 1.807) is 24.3 Å². The van der Waals surface area contributed by atoms with Gasteiger partial charge < -0.3 is 15.2 Å². The predicted octanol–water partition coefficient (Wildman–Crippen LogP) is 3.07. The summed E-state index contributed by atoms with van der Waals surface area (Å²) in [7, 11) is 0. The number of amides is 1. The Bertz CT molecular complexity index is 1030. The summed E-state index contributed by atoms with van der Waals surface area (Å²) in [6.07, 6.45) is 2.62. The summed E-state index contributed by atoms with van der Waals surface area (Å²) in [6, 6.07) is 10.7. The van der Waals surface area contributed by atoms with Gasteiger partial charge >= 0.3 is 5.97 Å². The lowest BCUT2D eigenvalue weighted by Gasteiger charge is -2.19. The van der Waals surface area contributed by atoms with Crippen LogP contribution in [-0.4, -0.2) is 33.6 Å². The van der Waals surface area contributed by atoms with E-state index >= 15 is 0 Å². The number of nitrogens with zero attached hydrogens (tertiary/aromatic N) is 2. The lowest BCUT2D eigenvalue weighted by atomic mass is 10.0. The molecule has 2 N–H and O–H groups in total. The maximum atomic E-state index is 14.4. The fourth-order valence-corrected chi connectivity index (χ4v) is 2.67. The molecule has 2 heterocycles. The van der Waals surface area contributed by atoms with Crippen LogP contribution in [0.3, 0.4) is 0 Å². The maximum Gasteiger partial charge on any atom is 0.341 e. The van der Waals surface area contributed by atoms with Crippen molar-refractivity contribution in [2.45, 2.75) is 12.7 Å². The van der Waals surface area contributed by atoms with E-state index in [0.29, 0.717) is 11.1 Å². The van der Waals surface area contributed by atoms with Gasteiger partial charge in [-0.25, -0.2) is 18.6 Å². The number of carboxylic acid groups (broad SMARTS) is 1. The highest BCUT2D eigenvalue weighted by Gasteiger charge is 2.23. The molecular formula is C21H17F2N3O4. The van der Waals surface area contributed by atoms with Gasteiger partial charge in [0.1, 0.15) is 29.6 Å². The Kier molecular flexibility index (Phi) is 6.63. The predicted molar refractivity (Wildman–Crippen MR) is 102 cm³/mol. The van der Waals surface area contributed by atoms with Gasteiger partial charge in [0.15, 0.2) is 6.61 Å². The van der Waals surface area contributed by atoms with Crippen LogP contribution in [0, 0.1) is 5.82 Å². The normalized spacial score (nSPS) is 11.5. The smallest absolute Gasteiger partial charge is 0.341 e. The number of carboxylic acids is 1. The Morgan fingerprint density at radius 2 is 1.87 bits per heavy atom. The van der Waals surface area contributed by atoms with Gasteiger partial charge in [-0.3, -0.25) is 9.78 Å². The van der Waals surface area contributed by atoms with Crippen molar-refractivity contribution in [3.05, 3.63) is 89.3 Å². The highest BCUT2D eigenvalue weighted by molar-refractivity contribution is 5.92. The van der Waals surface area contributed by atoms with Crippen molar-refractivity contribution in [1.82, 2.24) is 15.3 Å². The van der Waals surface area contributed by atoms with Crippen LogP contribution in [0.15, 0.2) is 60.9 Å². The van der Waals surface area contributed by atoms with Gasteiger partial charge in [-0.1, -0.05) is 24.3 Å². The zero-order chi connectivity index (χ0) is 21.5. The number of benzene rings is 1. The summed E-state index contributed by atoms with van der Waals surface area (Å²) in [5.74, 6) is -2.17. The number of halogens is 2. The topological polar surface area (TPSA) is 101 Å². The average Bonchev–Trinajstić information content (AvgIpc) is 2.77. The third-order valence-corrected chi connectivity index (χ3v) is 4.13. The highest BCUT2D eigenvalue weighted by atomic mass is 19.1. The first-order valence-electron chi connectivity index (χ1n) is 8.84. The second kappa shape index (κ2) is 9.55. The standard InChI is InChI=1S/C21H17F2N3O4/c22-10-13-3-5-14(6-4-13)19(20-16(23)2-1-9-24-20)26-21(29)17-8-7-15(11-25-17)30-12-18(27)28/h1-9,11,19H,10,12H2,(H,26,29)(H,27,28)/t19-/m0/s1. The van der Waals surface area contributed by atoms with Crippen LogP contribution < -0.4 is 10.1 Å². The van der Waals surface area contributed by atoms with Crippen molar-refractivity contribution in [2.75, 3.05) is 6.61 Å². The summed E-state index contributed by atoms with van der Waals surface area (Å²) < 4.78 is 32.2. The zero-order valence-corrected chi connectivity index (χ0v) is 15.6. The highest BCUT2D eigenvalue weighted by Crippen LogP contribution is 2.24. The van der Waals surface area contributed by atoms with Crippen LogP contribution >= 0.6 is 0 Å². The monoisotopic (exact) mass is 413 g/mol. The second-order valence-electron chi connectivity index (χ2n) is 6.21. The fraction of sp³-hybridized carbons (Fsp3) is 0.143. The lowest BCUT2D eigenvalue weighted by Crippen LogP contribution is -2.31. The molecule has 0 radical (unpaired) electrons.